The van der Waals surface area contributed by atoms with Gasteiger partial charge in [-0.25, -0.2) is 0 Å². The zero-order valence-corrected chi connectivity index (χ0v) is 11.9. The smallest absolute Gasteiger partial charge is 0.471 e. The molecule has 0 bridgehead atoms. The van der Waals surface area contributed by atoms with Crippen LogP contribution in [0, 0.1) is 0 Å². The number of amides is 1. The van der Waals surface area contributed by atoms with Crippen molar-refractivity contribution in [3.63, 3.8) is 0 Å². The van der Waals surface area contributed by atoms with Crippen molar-refractivity contribution < 1.29 is 32.2 Å². The van der Waals surface area contributed by atoms with Crippen LogP contribution in [0.3, 0.4) is 0 Å². The fraction of sp³-hybridized carbons (Fsp3) is 0.429. The number of carbonyl (C=O) groups excluding carboxylic acids is 2. The van der Waals surface area contributed by atoms with E-state index in [9.17, 15) is 22.8 Å². The molecular formula is C14H14F3NO4. The average Bonchev–Trinajstić information content (AvgIpc) is 2.47. The second-order valence-electron chi connectivity index (χ2n) is 4.79. The highest BCUT2D eigenvalue weighted by molar-refractivity contribution is 6.04. The lowest BCUT2D eigenvalue weighted by molar-refractivity contribution is -0.174. The summed E-state index contributed by atoms with van der Waals surface area (Å²) in [5.74, 6) is -1.95. The summed E-state index contributed by atoms with van der Waals surface area (Å²) < 4.78 is 47.0. The Morgan fingerprint density at radius 3 is 2.36 bits per heavy atom. The lowest BCUT2D eigenvalue weighted by Crippen LogP contribution is -2.48. The van der Waals surface area contributed by atoms with Crippen molar-refractivity contribution in [3.8, 4) is 11.5 Å². The number of ether oxygens (including phenoxy) is 2. The summed E-state index contributed by atoms with van der Waals surface area (Å²) in [4.78, 5) is 23.2. The van der Waals surface area contributed by atoms with Gasteiger partial charge < -0.3 is 14.8 Å². The molecule has 0 saturated heterocycles. The molecule has 2 rings (SSSR count). The number of benzene rings is 1. The van der Waals surface area contributed by atoms with Gasteiger partial charge in [0, 0.05) is 5.56 Å². The minimum Gasteiger partial charge on any atom is -0.493 e. The highest BCUT2D eigenvalue weighted by Gasteiger charge is 2.41. The molecule has 0 heterocycles. The van der Waals surface area contributed by atoms with Gasteiger partial charge >= 0.3 is 12.1 Å². The monoisotopic (exact) mass is 317 g/mol. The highest BCUT2D eigenvalue weighted by Crippen LogP contribution is 2.34. The quantitative estimate of drug-likeness (QED) is 0.924. The average molecular weight is 317 g/mol. The number of alkyl halides is 3. The predicted octanol–water partition coefficient (Wildman–Crippen LogP) is 1.88. The summed E-state index contributed by atoms with van der Waals surface area (Å²) in [6.07, 6.45) is -4.56. The molecule has 1 unspecified atom stereocenters. The topological polar surface area (TPSA) is 64.6 Å². The predicted molar refractivity (Wildman–Crippen MR) is 70.2 cm³/mol. The zero-order valence-electron chi connectivity index (χ0n) is 11.9. The maximum atomic E-state index is 12.3. The number of halogens is 3. The Balaban J connectivity index is 2.28. The van der Waals surface area contributed by atoms with Crippen molar-refractivity contribution >= 4 is 11.7 Å². The van der Waals surface area contributed by atoms with Gasteiger partial charge in [0.05, 0.1) is 20.3 Å². The Morgan fingerprint density at radius 1 is 1.23 bits per heavy atom. The summed E-state index contributed by atoms with van der Waals surface area (Å²) in [7, 11) is 2.84. The molecule has 1 aliphatic carbocycles. The number of ketones is 1. The van der Waals surface area contributed by atoms with E-state index in [0.29, 0.717) is 23.5 Å². The molecule has 1 aromatic rings. The van der Waals surface area contributed by atoms with Gasteiger partial charge in [-0.15, -0.1) is 0 Å². The van der Waals surface area contributed by atoms with Crippen LogP contribution in [-0.4, -0.2) is 38.1 Å². The molecule has 1 atom stereocenters. The molecule has 1 amide bonds. The SMILES string of the molecule is COc1cc2c(cc1OC)C(=O)C(NC(=O)C(F)(F)F)CC2. The third kappa shape index (κ3) is 3.00. The second kappa shape index (κ2) is 5.86. The van der Waals surface area contributed by atoms with Gasteiger partial charge in [0.25, 0.3) is 0 Å². The first kappa shape index (κ1) is 16.1. The first-order chi connectivity index (χ1) is 10.3. The van der Waals surface area contributed by atoms with Crippen molar-refractivity contribution in [3.05, 3.63) is 23.3 Å². The van der Waals surface area contributed by atoms with Crippen molar-refractivity contribution in [1.29, 1.82) is 0 Å². The van der Waals surface area contributed by atoms with E-state index in [1.54, 1.807) is 11.4 Å². The summed E-state index contributed by atoms with van der Waals surface area (Å²) in [6.45, 7) is 0. The summed E-state index contributed by atoms with van der Waals surface area (Å²) >= 11 is 0. The van der Waals surface area contributed by atoms with Crippen molar-refractivity contribution in [2.45, 2.75) is 25.1 Å². The first-order valence-electron chi connectivity index (χ1n) is 6.44. The Labute approximate surface area is 124 Å². The van der Waals surface area contributed by atoms with E-state index in [-0.39, 0.29) is 12.0 Å². The number of hydrogen-bond acceptors (Lipinski definition) is 4. The maximum Gasteiger partial charge on any atom is 0.471 e. The number of hydrogen-bond donors (Lipinski definition) is 1. The van der Waals surface area contributed by atoms with Crippen molar-refractivity contribution in [2.75, 3.05) is 14.2 Å². The Bertz CT molecular complexity index is 613. The van der Waals surface area contributed by atoms with Crippen LogP contribution in [0.1, 0.15) is 22.3 Å². The molecule has 1 N–H and O–H groups in total. The van der Waals surface area contributed by atoms with E-state index in [0.717, 1.165) is 0 Å². The molecule has 0 radical (unpaired) electrons. The van der Waals surface area contributed by atoms with E-state index >= 15 is 0 Å². The number of methoxy groups -OCH3 is 2. The fourth-order valence-corrected chi connectivity index (χ4v) is 2.35. The van der Waals surface area contributed by atoms with Gasteiger partial charge in [-0.2, -0.15) is 13.2 Å². The molecule has 1 aliphatic rings. The van der Waals surface area contributed by atoms with Gasteiger partial charge in [0.15, 0.2) is 17.3 Å². The van der Waals surface area contributed by atoms with Gasteiger partial charge in [-0.05, 0) is 30.5 Å². The number of rotatable bonds is 3. The van der Waals surface area contributed by atoms with E-state index in [2.05, 4.69) is 0 Å². The minimum absolute atomic E-state index is 0.100. The molecule has 0 spiro atoms. The van der Waals surface area contributed by atoms with Crippen LogP contribution in [0.4, 0.5) is 13.2 Å². The number of Topliss-reactive ketones (excluding diaryl/α,β-unsaturated/α-hetero) is 1. The molecule has 0 saturated carbocycles. The number of nitrogens with one attached hydrogen (secondary N) is 1. The molecule has 22 heavy (non-hydrogen) atoms. The first-order valence-corrected chi connectivity index (χ1v) is 6.44. The largest absolute Gasteiger partial charge is 0.493 e. The molecule has 0 aliphatic heterocycles. The summed E-state index contributed by atoms with van der Waals surface area (Å²) in [5, 5.41) is 1.73. The number of aryl methyl sites for hydroxylation is 1. The lowest BCUT2D eigenvalue weighted by Gasteiger charge is -2.25. The third-order valence-electron chi connectivity index (χ3n) is 3.46. The van der Waals surface area contributed by atoms with E-state index in [4.69, 9.17) is 9.47 Å². The van der Waals surface area contributed by atoms with Crippen LogP contribution < -0.4 is 14.8 Å². The summed E-state index contributed by atoms with van der Waals surface area (Å²) in [5.41, 5.74) is 0.886. The van der Waals surface area contributed by atoms with Crippen LogP contribution in [0.5, 0.6) is 11.5 Å². The molecule has 8 heteroatoms. The normalized spacial score (nSPS) is 17.7. The van der Waals surface area contributed by atoms with Crippen LogP contribution in [0.2, 0.25) is 0 Å². The Hall–Kier alpha value is -2.25. The Morgan fingerprint density at radius 2 is 1.82 bits per heavy atom. The zero-order chi connectivity index (χ0) is 16.5. The van der Waals surface area contributed by atoms with Crippen LogP contribution in [0.25, 0.3) is 0 Å². The highest BCUT2D eigenvalue weighted by atomic mass is 19.4. The number of carbonyl (C=O) groups is 2. The minimum atomic E-state index is -5.02. The second-order valence-corrected chi connectivity index (χ2v) is 4.79. The molecule has 0 aromatic heterocycles. The van der Waals surface area contributed by atoms with Crippen LogP contribution in [0.15, 0.2) is 12.1 Å². The molecule has 1 aromatic carbocycles. The number of fused-ring (bicyclic) bond motifs is 1. The van der Waals surface area contributed by atoms with Gasteiger partial charge in [-0.3, -0.25) is 9.59 Å². The van der Waals surface area contributed by atoms with Crippen LogP contribution >= 0.6 is 0 Å². The molecular weight excluding hydrogens is 303 g/mol. The molecule has 0 fully saturated rings. The van der Waals surface area contributed by atoms with Gasteiger partial charge in [0.2, 0.25) is 0 Å². The lowest BCUT2D eigenvalue weighted by atomic mass is 9.86. The van der Waals surface area contributed by atoms with Gasteiger partial charge in [-0.1, -0.05) is 0 Å². The van der Waals surface area contributed by atoms with Gasteiger partial charge in [0.1, 0.15) is 0 Å². The van der Waals surface area contributed by atoms with E-state index < -0.39 is 23.9 Å². The fourth-order valence-electron chi connectivity index (χ4n) is 2.35. The Kier molecular flexibility index (Phi) is 4.30. The molecule has 5 nitrogen and oxygen atoms in total. The standard InChI is InChI=1S/C14H14F3NO4/c1-21-10-5-7-3-4-9(18-13(20)14(15,16)17)12(19)8(7)6-11(10)22-2/h5-6,9H,3-4H2,1-2H3,(H,18,20). The maximum absolute atomic E-state index is 12.3. The molecule has 120 valence electrons. The van der Waals surface area contributed by atoms with E-state index in [1.165, 1.54) is 20.3 Å². The third-order valence-corrected chi connectivity index (χ3v) is 3.46. The van der Waals surface area contributed by atoms with Crippen LogP contribution in [-0.2, 0) is 11.2 Å². The summed E-state index contributed by atoms with van der Waals surface area (Å²) in [6, 6.07) is 1.84. The van der Waals surface area contributed by atoms with Crippen molar-refractivity contribution in [2.24, 2.45) is 0 Å². The van der Waals surface area contributed by atoms with Crippen molar-refractivity contribution in [1.82, 2.24) is 5.32 Å². The van der Waals surface area contributed by atoms with E-state index in [1.807, 2.05) is 0 Å².